The summed E-state index contributed by atoms with van der Waals surface area (Å²) in [6.07, 6.45) is 6.22. The van der Waals surface area contributed by atoms with Gasteiger partial charge in [-0.2, -0.15) is 0 Å². The molecule has 0 aromatic heterocycles. The van der Waals surface area contributed by atoms with Crippen LogP contribution in [0.2, 0.25) is 0 Å². The number of aromatic hydroxyl groups is 1. The van der Waals surface area contributed by atoms with Crippen molar-refractivity contribution in [2.45, 2.75) is 52.4 Å². The van der Waals surface area contributed by atoms with Crippen molar-refractivity contribution in [2.75, 3.05) is 7.11 Å². The van der Waals surface area contributed by atoms with Gasteiger partial charge in [0.1, 0.15) is 11.5 Å². The van der Waals surface area contributed by atoms with Gasteiger partial charge < -0.3 is 9.84 Å². The minimum Gasteiger partial charge on any atom is -0.507 e. The average molecular weight is 234 g/mol. The largest absolute Gasteiger partial charge is 0.507 e. The third-order valence-corrected chi connectivity index (χ3v) is 3.86. The molecule has 0 heterocycles. The van der Waals surface area contributed by atoms with Crippen LogP contribution in [-0.2, 0) is 25.7 Å². The Balaban J connectivity index is 2.71. The number of hydrogen-bond donors (Lipinski definition) is 1. The Labute approximate surface area is 104 Å². The van der Waals surface area contributed by atoms with E-state index in [4.69, 9.17) is 4.74 Å². The number of ether oxygens (including phenoxy) is 1. The zero-order valence-electron chi connectivity index (χ0n) is 11.1. The van der Waals surface area contributed by atoms with Crippen LogP contribution >= 0.6 is 0 Å². The molecule has 1 N–H and O–H groups in total. The van der Waals surface area contributed by atoms with Crippen LogP contribution in [0.1, 0.15) is 48.9 Å². The molecule has 0 saturated carbocycles. The lowest BCUT2D eigenvalue weighted by atomic mass is 9.84. The molecule has 0 amide bonds. The third kappa shape index (κ3) is 1.90. The minimum atomic E-state index is 0.542. The molecule has 0 fully saturated rings. The molecule has 2 rings (SSSR count). The van der Waals surface area contributed by atoms with Crippen molar-refractivity contribution >= 4 is 0 Å². The zero-order valence-corrected chi connectivity index (χ0v) is 11.1. The maximum atomic E-state index is 10.4. The van der Waals surface area contributed by atoms with E-state index in [1.807, 2.05) is 0 Å². The van der Waals surface area contributed by atoms with E-state index in [-0.39, 0.29) is 0 Å². The minimum absolute atomic E-state index is 0.542. The Hall–Kier alpha value is -1.18. The summed E-state index contributed by atoms with van der Waals surface area (Å²) in [6.45, 7) is 4.23. The van der Waals surface area contributed by atoms with Crippen molar-refractivity contribution in [1.29, 1.82) is 0 Å². The van der Waals surface area contributed by atoms with E-state index in [0.29, 0.717) is 5.75 Å². The molecule has 1 aliphatic rings. The molecular weight excluding hydrogens is 212 g/mol. The monoisotopic (exact) mass is 234 g/mol. The highest BCUT2D eigenvalue weighted by Gasteiger charge is 2.24. The lowest BCUT2D eigenvalue weighted by Gasteiger charge is -2.25. The first-order valence-electron chi connectivity index (χ1n) is 6.66. The fourth-order valence-corrected chi connectivity index (χ4v) is 3.06. The summed E-state index contributed by atoms with van der Waals surface area (Å²) in [5.41, 5.74) is 4.69. The molecule has 0 saturated heterocycles. The van der Waals surface area contributed by atoms with Crippen LogP contribution in [0.15, 0.2) is 0 Å². The van der Waals surface area contributed by atoms with E-state index in [1.54, 1.807) is 7.11 Å². The number of benzene rings is 1. The van der Waals surface area contributed by atoms with E-state index >= 15 is 0 Å². The fourth-order valence-electron chi connectivity index (χ4n) is 3.06. The number of methoxy groups -OCH3 is 1. The highest BCUT2D eigenvalue weighted by molar-refractivity contribution is 5.59. The summed E-state index contributed by atoms with van der Waals surface area (Å²) in [6, 6.07) is 0. The number of phenolic OH excluding ortho intramolecular Hbond substituents is 1. The fraction of sp³-hybridized carbons (Fsp3) is 0.600. The Morgan fingerprint density at radius 1 is 1.00 bits per heavy atom. The summed E-state index contributed by atoms with van der Waals surface area (Å²) in [7, 11) is 1.75. The molecule has 0 atom stereocenters. The first-order chi connectivity index (χ1) is 8.24. The van der Waals surface area contributed by atoms with Gasteiger partial charge in [-0.15, -0.1) is 0 Å². The molecule has 1 aliphatic carbocycles. The lowest BCUT2D eigenvalue weighted by Crippen LogP contribution is -2.10. The van der Waals surface area contributed by atoms with Gasteiger partial charge in [0.15, 0.2) is 0 Å². The van der Waals surface area contributed by atoms with Gasteiger partial charge in [-0.1, -0.05) is 13.8 Å². The maximum absolute atomic E-state index is 10.4. The Kier molecular flexibility index (Phi) is 3.60. The molecule has 2 nitrogen and oxygen atoms in total. The molecule has 0 unspecified atom stereocenters. The normalized spacial score (nSPS) is 14.5. The summed E-state index contributed by atoms with van der Waals surface area (Å²) < 4.78 is 5.62. The summed E-state index contributed by atoms with van der Waals surface area (Å²) in [5, 5.41) is 10.4. The summed E-state index contributed by atoms with van der Waals surface area (Å²) in [4.78, 5) is 0. The van der Waals surface area contributed by atoms with Crippen LogP contribution in [0, 0.1) is 0 Å². The Morgan fingerprint density at radius 3 is 2.12 bits per heavy atom. The molecule has 1 aromatic rings. The molecule has 0 spiro atoms. The first kappa shape index (κ1) is 12.3. The van der Waals surface area contributed by atoms with Crippen molar-refractivity contribution in [3.05, 3.63) is 22.3 Å². The SMILES string of the molecule is CCc1c(O)c2c(c(OC)c1CC)CCCC2. The van der Waals surface area contributed by atoms with Crippen molar-refractivity contribution in [2.24, 2.45) is 0 Å². The molecule has 2 heteroatoms. The molecule has 1 aromatic carbocycles. The van der Waals surface area contributed by atoms with Gasteiger partial charge in [0.25, 0.3) is 0 Å². The average Bonchev–Trinajstić information content (AvgIpc) is 2.38. The highest BCUT2D eigenvalue weighted by Crippen LogP contribution is 2.42. The predicted octanol–water partition coefficient (Wildman–Crippen LogP) is 3.40. The molecular formula is C15H22O2. The Morgan fingerprint density at radius 2 is 1.59 bits per heavy atom. The summed E-state index contributed by atoms with van der Waals surface area (Å²) >= 11 is 0. The van der Waals surface area contributed by atoms with Crippen molar-refractivity contribution < 1.29 is 9.84 Å². The van der Waals surface area contributed by atoms with Gasteiger partial charge >= 0.3 is 0 Å². The molecule has 0 bridgehead atoms. The van der Waals surface area contributed by atoms with Gasteiger partial charge in [0.2, 0.25) is 0 Å². The van der Waals surface area contributed by atoms with Gasteiger partial charge in [-0.3, -0.25) is 0 Å². The number of fused-ring (bicyclic) bond motifs is 1. The van der Waals surface area contributed by atoms with Gasteiger partial charge in [-0.05, 0) is 38.5 Å². The van der Waals surface area contributed by atoms with Crippen LogP contribution in [-0.4, -0.2) is 12.2 Å². The van der Waals surface area contributed by atoms with Crippen LogP contribution in [0.3, 0.4) is 0 Å². The summed E-state index contributed by atoms with van der Waals surface area (Å²) in [5.74, 6) is 1.58. The van der Waals surface area contributed by atoms with E-state index in [1.165, 1.54) is 24.0 Å². The quantitative estimate of drug-likeness (QED) is 0.868. The van der Waals surface area contributed by atoms with Crippen molar-refractivity contribution in [3.63, 3.8) is 0 Å². The van der Waals surface area contributed by atoms with Crippen molar-refractivity contribution in [3.8, 4) is 11.5 Å². The van der Waals surface area contributed by atoms with Crippen molar-refractivity contribution in [1.82, 2.24) is 0 Å². The molecule has 17 heavy (non-hydrogen) atoms. The van der Waals surface area contributed by atoms with Gasteiger partial charge in [0, 0.05) is 22.3 Å². The number of hydrogen-bond acceptors (Lipinski definition) is 2. The van der Waals surface area contributed by atoms with E-state index in [2.05, 4.69) is 13.8 Å². The van der Waals surface area contributed by atoms with Crippen LogP contribution in [0.25, 0.3) is 0 Å². The molecule has 94 valence electrons. The molecule has 0 aliphatic heterocycles. The van der Waals surface area contributed by atoms with Gasteiger partial charge in [0.05, 0.1) is 7.11 Å². The van der Waals surface area contributed by atoms with E-state index in [0.717, 1.165) is 42.6 Å². The highest BCUT2D eigenvalue weighted by atomic mass is 16.5. The molecule has 0 radical (unpaired) electrons. The zero-order chi connectivity index (χ0) is 12.4. The maximum Gasteiger partial charge on any atom is 0.126 e. The van der Waals surface area contributed by atoms with Crippen LogP contribution in [0.4, 0.5) is 0 Å². The van der Waals surface area contributed by atoms with Crippen LogP contribution in [0.5, 0.6) is 11.5 Å². The topological polar surface area (TPSA) is 29.5 Å². The predicted molar refractivity (Wildman–Crippen MR) is 70.1 cm³/mol. The second kappa shape index (κ2) is 4.99. The Bertz CT molecular complexity index is 404. The number of rotatable bonds is 3. The van der Waals surface area contributed by atoms with E-state index < -0.39 is 0 Å². The van der Waals surface area contributed by atoms with Crippen LogP contribution < -0.4 is 4.74 Å². The smallest absolute Gasteiger partial charge is 0.126 e. The standard InChI is InChI=1S/C15H22O2/c1-4-10-11(5-2)15(17-3)13-9-7-6-8-12(13)14(10)16/h16H,4-9H2,1-3H3. The first-order valence-corrected chi connectivity index (χ1v) is 6.66. The number of phenols is 1. The second-order valence-electron chi connectivity index (χ2n) is 4.71. The van der Waals surface area contributed by atoms with Gasteiger partial charge in [-0.25, -0.2) is 0 Å². The van der Waals surface area contributed by atoms with E-state index in [9.17, 15) is 5.11 Å². The lowest BCUT2D eigenvalue weighted by molar-refractivity contribution is 0.393. The second-order valence-corrected chi connectivity index (χ2v) is 4.71. The third-order valence-electron chi connectivity index (χ3n) is 3.86.